The van der Waals surface area contributed by atoms with Crippen molar-refractivity contribution < 1.29 is 0 Å². The van der Waals surface area contributed by atoms with E-state index in [1.807, 2.05) is 0 Å². The number of nitrogens with zero attached hydrogens (tertiary/aromatic N) is 1. The number of benzene rings is 1. The first-order valence-electron chi connectivity index (χ1n) is 9.22. The number of piperidine rings is 1. The van der Waals surface area contributed by atoms with Gasteiger partial charge in [-0.05, 0) is 50.9 Å². The molecule has 1 aromatic rings. The zero-order valence-corrected chi connectivity index (χ0v) is 14.7. The molecule has 1 aromatic carbocycles. The van der Waals surface area contributed by atoms with Crippen molar-refractivity contribution in [2.45, 2.75) is 64.5 Å². The fourth-order valence-electron chi connectivity index (χ4n) is 3.68. The second-order valence-corrected chi connectivity index (χ2v) is 7.01. The highest BCUT2D eigenvalue weighted by Gasteiger charge is 2.22. The van der Waals surface area contributed by atoms with Gasteiger partial charge in [0.1, 0.15) is 0 Å². The SMILES string of the molecule is CCCC(CC)CC(NC1CCN(C)CC1)c1ccccc1. The predicted molar refractivity (Wildman–Crippen MR) is 96.1 cm³/mol. The van der Waals surface area contributed by atoms with E-state index in [1.54, 1.807) is 0 Å². The molecule has 0 radical (unpaired) electrons. The van der Waals surface area contributed by atoms with Crippen LogP contribution in [0.3, 0.4) is 0 Å². The summed E-state index contributed by atoms with van der Waals surface area (Å²) in [7, 11) is 2.24. The van der Waals surface area contributed by atoms with Crippen molar-refractivity contribution in [3.05, 3.63) is 35.9 Å². The van der Waals surface area contributed by atoms with E-state index in [-0.39, 0.29) is 0 Å². The molecular weight excluding hydrogens is 268 g/mol. The molecule has 0 aliphatic carbocycles. The summed E-state index contributed by atoms with van der Waals surface area (Å²) in [6, 6.07) is 12.3. The second-order valence-electron chi connectivity index (χ2n) is 7.01. The van der Waals surface area contributed by atoms with E-state index >= 15 is 0 Å². The van der Waals surface area contributed by atoms with Gasteiger partial charge in [0.15, 0.2) is 0 Å². The first kappa shape index (κ1) is 17.5. The molecule has 0 spiro atoms. The minimum Gasteiger partial charge on any atom is -0.307 e. The maximum absolute atomic E-state index is 3.99. The molecule has 2 rings (SSSR count). The normalized spacial score (nSPS) is 20.0. The van der Waals surface area contributed by atoms with Crippen molar-refractivity contribution in [2.24, 2.45) is 5.92 Å². The lowest BCUT2D eigenvalue weighted by Crippen LogP contribution is -2.42. The van der Waals surface area contributed by atoms with Crippen LogP contribution in [-0.2, 0) is 0 Å². The number of hydrogen-bond donors (Lipinski definition) is 1. The highest BCUT2D eigenvalue weighted by molar-refractivity contribution is 5.19. The minimum atomic E-state index is 0.520. The summed E-state index contributed by atoms with van der Waals surface area (Å²) in [5, 5.41) is 3.99. The molecule has 0 amide bonds. The van der Waals surface area contributed by atoms with Crippen LogP contribution in [0.25, 0.3) is 0 Å². The van der Waals surface area contributed by atoms with Gasteiger partial charge in [-0.3, -0.25) is 0 Å². The van der Waals surface area contributed by atoms with Crippen LogP contribution in [0.15, 0.2) is 30.3 Å². The Labute approximate surface area is 137 Å². The standard InChI is InChI=1S/C20H34N2/c1-4-9-17(5-2)16-20(18-10-7-6-8-11-18)21-19-12-14-22(3)15-13-19/h6-8,10-11,17,19-21H,4-5,9,12-16H2,1-3H3. The molecule has 22 heavy (non-hydrogen) atoms. The maximum Gasteiger partial charge on any atom is 0.0325 e. The van der Waals surface area contributed by atoms with E-state index in [1.165, 1.54) is 57.2 Å². The minimum absolute atomic E-state index is 0.520. The van der Waals surface area contributed by atoms with Gasteiger partial charge in [-0.15, -0.1) is 0 Å². The molecule has 124 valence electrons. The summed E-state index contributed by atoms with van der Waals surface area (Å²) in [6.45, 7) is 7.11. The van der Waals surface area contributed by atoms with Crippen LogP contribution in [0, 0.1) is 5.92 Å². The average molecular weight is 303 g/mol. The Kier molecular flexibility index (Phi) is 7.41. The molecule has 0 aromatic heterocycles. The lowest BCUT2D eigenvalue weighted by atomic mass is 9.89. The molecule has 0 saturated carbocycles. The van der Waals surface area contributed by atoms with Crippen LogP contribution in [-0.4, -0.2) is 31.1 Å². The topological polar surface area (TPSA) is 15.3 Å². The summed E-state index contributed by atoms with van der Waals surface area (Å²) in [5.41, 5.74) is 1.47. The molecule has 0 bridgehead atoms. The van der Waals surface area contributed by atoms with E-state index in [0.29, 0.717) is 12.1 Å². The molecule has 1 saturated heterocycles. The Bertz CT molecular complexity index is 395. The van der Waals surface area contributed by atoms with E-state index < -0.39 is 0 Å². The van der Waals surface area contributed by atoms with Crippen LogP contribution in [0.5, 0.6) is 0 Å². The Morgan fingerprint density at radius 2 is 1.82 bits per heavy atom. The van der Waals surface area contributed by atoms with Gasteiger partial charge in [0, 0.05) is 12.1 Å². The Balaban J connectivity index is 2.01. The fourth-order valence-corrected chi connectivity index (χ4v) is 3.68. The molecule has 1 aliphatic heterocycles. The van der Waals surface area contributed by atoms with E-state index in [0.717, 1.165) is 5.92 Å². The molecule has 2 nitrogen and oxygen atoms in total. The van der Waals surface area contributed by atoms with Gasteiger partial charge in [-0.25, -0.2) is 0 Å². The molecular formula is C20H34N2. The molecule has 2 heteroatoms. The summed E-state index contributed by atoms with van der Waals surface area (Å²) >= 11 is 0. The zero-order chi connectivity index (χ0) is 15.8. The number of rotatable bonds is 8. The molecule has 2 unspecified atom stereocenters. The van der Waals surface area contributed by atoms with Crippen molar-refractivity contribution >= 4 is 0 Å². The van der Waals surface area contributed by atoms with Gasteiger partial charge < -0.3 is 10.2 Å². The average Bonchev–Trinajstić information content (AvgIpc) is 2.56. The zero-order valence-electron chi connectivity index (χ0n) is 14.7. The molecule has 1 fully saturated rings. The Morgan fingerprint density at radius 3 is 2.41 bits per heavy atom. The highest BCUT2D eigenvalue weighted by Crippen LogP contribution is 2.27. The van der Waals surface area contributed by atoms with Gasteiger partial charge >= 0.3 is 0 Å². The summed E-state index contributed by atoms with van der Waals surface area (Å²) in [4.78, 5) is 2.45. The van der Waals surface area contributed by atoms with Gasteiger partial charge in [0.05, 0.1) is 0 Å². The maximum atomic E-state index is 3.99. The largest absolute Gasteiger partial charge is 0.307 e. The lowest BCUT2D eigenvalue weighted by Gasteiger charge is -2.34. The predicted octanol–water partition coefficient (Wildman–Crippen LogP) is 4.63. The van der Waals surface area contributed by atoms with Crippen molar-refractivity contribution in [1.29, 1.82) is 0 Å². The van der Waals surface area contributed by atoms with Crippen molar-refractivity contribution in [3.8, 4) is 0 Å². The van der Waals surface area contributed by atoms with Crippen LogP contribution in [0.4, 0.5) is 0 Å². The monoisotopic (exact) mass is 302 g/mol. The molecule has 1 heterocycles. The third-order valence-corrected chi connectivity index (χ3v) is 5.20. The van der Waals surface area contributed by atoms with Crippen LogP contribution in [0.2, 0.25) is 0 Å². The molecule has 1 aliphatic rings. The fraction of sp³-hybridized carbons (Fsp3) is 0.700. The van der Waals surface area contributed by atoms with E-state index in [2.05, 4.69) is 61.4 Å². The van der Waals surface area contributed by atoms with E-state index in [4.69, 9.17) is 0 Å². The third kappa shape index (κ3) is 5.40. The van der Waals surface area contributed by atoms with Crippen LogP contribution < -0.4 is 5.32 Å². The summed E-state index contributed by atoms with van der Waals surface area (Å²) in [5.74, 6) is 0.842. The van der Waals surface area contributed by atoms with E-state index in [9.17, 15) is 0 Å². The number of likely N-dealkylation sites (tertiary alicyclic amines) is 1. The van der Waals surface area contributed by atoms with Crippen LogP contribution >= 0.6 is 0 Å². The summed E-state index contributed by atoms with van der Waals surface area (Å²) < 4.78 is 0. The van der Waals surface area contributed by atoms with Crippen molar-refractivity contribution in [3.63, 3.8) is 0 Å². The van der Waals surface area contributed by atoms with Gasteiger partial charge in [0.2, 0.25) is 0 Å². The Morgan fingerprint density at radius 1 is 1.14 bits per heavy atom. The van der Waals surface area contributed by atoms with Gasteiger partial charge in [-0.1, -0.05) is 63.4 Å². The Hall–Kier alpha value is -0.860. The molecule has 2 atom stereocenters. The second kappa shape index (κ2) is 9.32. The summed E-state index contributed by atoms with van der Waals surface area (Å²) in [6.07, 6.45) is 7.80. The van der Waals surface area contributed by atoms with Gasteiger partial charge in [0.25, 0.3) is 0 Å². The smallest absolute Gasteiger partial charge is 0.0325 e. The van der Waals surface area contributed by atoms with Gasteiger partial charge in [-0.2, -0.15) is 0 Å². The first-order chi connectivity index (χ1) is 10.7. The van der Waals surface area contributed by atoms with Crippen LogP contribution in [0.1, 0.15) is 64.0 Å². The van der Waals surface area contributed by atoms with Crippen molar-refractivity contribution in [1.82, 2.24) is 10.2 Å². The highest BCUT2D eigenvalue weighted by atomic mass is 15.1. The first-order valence-corrected chi connectivity index (χ1v) is 9.22. The quantitative estimate of drug-likeness (QED) is 0.753. The third-order valence-electron chi connectivity index (χ3n) is 5.20. The lowest BCUT2D eigenvalue weighted by molar-refractivity contribution is 0.215. The van der Waals surface area contributed by atoms with Crippen molar-refractivity contribution in [2.75, 3.05) is 20.1 Å². The number of nitrogens with one attached hydrogen (secondary N) is 1. The molecule has 1 N–H and O–H groups in total. The number of hydrogen-bond acceptors (Lipinski definition) is 2.